The van der Waals surface area contributed by atoms with Gasteiger partial charge < -0.3 is 15.6 Å². The van der Waals surface area contributed by atoms with Gasteiger partial charge in [-0.05, 0) is 40.5 Å². The van der Waals surface area contributed by atoms with Crippen molar-refractivity contribution in [3.63, 3.8) is 0 Å². The molecule has 0 bridgehead atoms. The van der Waals surface area contributed by atoms with Gasteiger partial charge in [0, 0.05) is 12.1 Å². The zero-order valence-corrected chi connectivity index (χ0v) is 15.4. The number of sulfonamides is 1. The Labute approximate surface area is 142 Å². The molecular formula is C15H26N4O4S. The predicted molar refractivity (Wildman–Crippen MR) is 88.8 cm³/mol. The number of hydrogen-bond acceptors (Lipinski definition) is 6. The van der Waals surface area contributed by atoms with Crippen LogP contribution in [0.1, 0.15) is 51.0 Å². The van der Waals surface area contributed by atoms with Crippen LogP contribution in [0, 0.1) is 13.8 Å². The van der Waals surface area contributed by atoms with Gasteiger partial charge in [0.1, 0.15) is 16.1 Å². The Morgan fingerprint density at radius 3 is 2.38 bits per heavy atom. The molecule has 2 rings (SSSR count). The molecule has 1 saturated carbocycles. The number of carbonyl (C=O) groups is 1. The molecule has 1 aliphatic carbocycles. The molecule has 1 heterocycles. The number of nitrogens with zero attached hydrogens (tertiary/aromatic N) is 1. The lowest BCUT2D eigenvalue weighted by Crippen LogP contribution is -2.59. The average Bonchev–Trinajstić information content (AvgIpc) is 3.03. The minimum Gasteiger partial charge on any atom is -0.360 e. The van der Waals surface area contributed by atoms with E-state index in [-0.39, 0.29) is 28.8 Å². The van der Waals surface area contributed by atoms with E-state index in [1.165, 1.54) is 6.92 Å². The fraction of sp³-hybridized carbons (Fsp3) is 0.733. The first-order chi connectivity index (χ1) is 11.0. The summed E-state index contributed by atoms with van der Waals surface area (Å²) >= 11 is 0. The highest BCUT2D eigenvalue weighted by atomic mass is 32.2. The maximum Gasteiger partial charge on any atom is 0.246 e. The van der Waals surface area contributed by atoms with E-state index in [9.17, 15) is 13.2 Å². The van der Waals surface area contributed by atoms with Crippen molar-refractivity contribution in [2.45, 2.75) is 69.4 Å². The molecule has 136 valence electrons. The minimum atomic E-state index is -3.92. The fourth-order valence-corrected chi connectivity index (χ4v) is 4.75. The normalized spacial score (nSPS) is 17.9. The Bertz CT molecular complexity index is 693. The van der Waals surface area contributed by atoms with Gasteiger partial charge >= 0.3 is 0 Å². The van der Waals surface area contributed by atoms with Gasteiger partial charge in [0.15, 0.2) is 5.76 Å². The van der Waals surface area contributed by atoms with Crippen LogP contribution in [-0.2, 0) is 14.8 Å². The molecule has 0 saturated heterocycles. The van der Waals surface area contributed by atoms with Crippen LogP contribution in [0.2, 0.25) is 0 Å². The molecule has 0 radical (unpaired) electrons. The Morgan fingerprint density at radius 1 is 1.33 bits per heavy atom. The largest absolute Gasteiger partial charge is 0.360 e. The van der Waals surface area contributed by atoms with Crippen molar-refractivity contribution < 1.29 is 17.7 Å². The highest BCUT2D eigenvalue weighted by Gasteiger charge is 2.45. The molecule has 9 heteroatoms. The van der Waals surface area contributed by atoms with Gasteiger partial charge in [-0.3, -0.25) is 4.79 Å². The maximum atomic E-state index is 12.8. The predicted octanol–water partition coefficient (Wildman–Crippen LogP) is 0.736. The zero-order chi connectivity index (χ0) is 18.2. The van der Waals surface area contributed by atoms with Crippen LogP contribution in [0.4, 0.5) is 0 Å². The quantitative estimate of drug-likeness (QED) is 0.688. The van der Waals surface area contributed by atoms with Gasteiger partial charge in [0.05, 0.1) is 0 Å². The molecule has 1 aliphatic rings. The highest BCUT2D eigenvalue weighted by molar-refractivity contribution is 7.89. The summed E-state index contributed by atoms with van der Waals surface area (Å²) in [6, 6.07) is 0. The van der Waals surface area contributed by atoms with Gasteiger partial charge in [0.2, 0.25) is 15.9 Å². The minimum absolute atomic E-state index is 0.000676. The molecule has 0 atom stereocenters. The van der Waals surface area contributed by atoms with E-state index in [2.05, 4.69) is 15.2 Å². The van der Waals surface area contributed by atoms with E-state index in [4.69, 9.17) is 10.3 Å². The SMILES string of the molecule is Cc1noc(C)c1S(=O)(=O)NC1(C(=O)NCC(C)(C)N)CCCC1. The van der Waals surface area contributed by atoms with Crippen molar-refractivity contribution in [3.05, 3.63) is 11.5 Å². The second kappa shape index (κ2) is 6.45. The molecule has 1 aromatic rings. The lowest BCUT2D eigenvalue weighted by Gasteiger charge is -2.30. The Balaban J connectivity index is 2.26. The lowest BCUT2D eigenvalue weighted by molar-refractivity contribution is -0.127. The van der Waals surface area contributed by atoms with E-state index in [0.29, 0.717) is 12.8 Å². The average molecular weight is 358 g/mol. The molecule has 24 heavy (non-hydrogen) atoms. The van der Waals surface area contributed by atoms with Crippen molar-refractivity contribution in [2.24, 2.45) is 5.73 Å². The number of amides is 1. The summed E-state index contributed by atoms with van der Waals surface area (Å²) in [5.41, 5.74) is 4.44. The van der Waals surface area contributed by atoms with Gasteiger partial charge in [0.25, 0.3) is 0 Å². The van der Waals surface area contributed by atoms with E-state index >= 15 is 0 Å². The van der Waals surface area contributed by atoms with Crippen molar-refractivity contribution in [1.82, 2.24) is 15.2 Å². The summed E-state index contributed by atoms with van der Waals surface area (Å²) in [7, 11) is -3.92. The van der Waals surface area contributed by atoms with Crippen molar-refractivity contribution in [2.75, 3.05) is 6.54 Å². The van der Waals surface area contributed by atoms with Gasteiger partial charge in [-0.2, -0.15) is 4.72 Å². The van der Waals surface area contributed by atoms with Crippen LogP contribution in [-0.4, -0.2) is 37.1 Å². The fourth-order valence-electron chi connectivity index (χ4n) is 3.00. The summed E-state index contributed by atoms with van der Waals surface area (Å²) in [5.74, 6) is -0.134. The molecule has 0 spiro atoms. The first kappa shape index (κ1) is 18.9. The van der Waals surface area contributed by atoms with Crippen molar-refractivity contribution >= 4 is 15.9 Å². The van der Waals surface area contributed by atoms with E-state index in [1.807, 2.05) is 0 Å². The summed E-state index contributed by atoms with van der Waals surface area (Å²) in [6.45, 7) is 6.95. The molecular weight excluding hydrogens is 332 g/mol. The van der Waals surface area contributed by atoms with E-state index in [1.54, 1.807) is 20.8 Å². The Hall–Kier alpha value is -1.45. The first-order valence-corrected chi connectivity index (χ1v) is 9.49. The third-order valence-electron chi connectivity index (χ3n) is 4.16. The van der Waals surface area contributed by atoms with Gasteiger partial charge in [-0.15, -0.1) is 0 Å². The summed E-state index contributed by atoms with van der Waals surface area (Å²) in [6.07, 6.45) is 2.46. The monoisotopic (exact) mass is 358 g/mol. The maximum absolute atomic E-state index is 12.8. The molecule has 4 N–H and O–H groups in total. The van der Waals surface area contributed by atoms with Gasteiger partial charge in [-0.25, -0.2) is 8.42 Å². The van der Waals surface area contributed by atoms with Gasteiger partial charge in [-0.1, -0.05) is 18.0 Å². The van der Waals surface area contributed by atoms with Crippen molar-refractivity contribution in [3.8, 4) is 0 Å². The number of carbonyl (C=O) groups excluding carboxylic acids is 1. The van der Waals surface area contributed by atoms with Crippen LogP contribution in [0.3, 0.4) is 0 Å². The standard InChI is InChI=1S/C15H26N4O4S/c1-10-12(11(2)23-18-10)24(21,22)19-15(7-5-6-8-15)13(20)17-9-14(3,4)16/h19H,5-9,16H2,1-4H3,(H,17,20). The second-order valence-electron chi connectivity index (χ2n) is 7.22. The summed E-state index contributed by atoms with van der Waals surface area (Å²) in [4.78, 5) is 12.7. The second-order valence-corrected chi connectivity index (χ2v) is 8.84. The molecule has 0 aliphatic heterocycles. The number of nitrogens with two attached hydrogens (primary N) is 1. The van der Waals surface area contributed by atoms with Crippen LogP contribution in [0.5, 0.6) is 0 Å². The lowest BCUT2D eigenvalue weighted by atomic mass is 9.97. The number of nitrogens with one attached hydrogen (secondary N) is 2. The first-order valence-electron chi connectivity index (χ1n) is 8.01. The molecule has 0 unspecified atom stereocenters. The summed E-state index contributed by atoms with van der Waals surface area (Å²) < 4.78 is 33.1. The van der Waals surface area contributed by atoms with E-state index < -0.39 is 21.1 Å². The molecule has 1 amide bonds. The Morgan fingerprint density at radius 2 is 1.92 bits per heavy atom. The molecule has 0 aromatic carbocycles. The third kappa shape index (κ3) is 3.96. The summed E-state index contributed by atoms with van der Waals surface area (Å²) in [5, 5.41) is 6.45. The van der Waals surface area contributed by atoms with Crippen LogP contribution < -0.4 is 15.8 Å². The highest BCUT2D eigenvalue weighted by Crippen LogP contribution is 2.32. The number of aryl methyl sites for hydroxylation is 2. The van der Waals surface area contributed by atoms with Crippen LogP contribution >= 0.6 is 0 Å². The van der Waals surface area contributed by atoms with Crippen LogP contribution in [0.25, 0.3) is 0 Å². The number of rotatable bonds is 6. The smallest absolute Gasteiger partial charge is 0.246 e. The van der Waals surface area contributed by atoms with Crippen molar-refractivity contribution in [1.29, 1.82) is 0 Å². The third-order valence-corrected chi connectivity index (χ3v) is 5.94. The Kier molecular flexibility index (Phi) is 5.08. The number of hydrogen-bond donors (Lipinski definition) is 3. The number of aromatic nitrogens is 1. The zero-order valence-electron chi connectivity index (χ0n) is 14.6. The topological polar surface area (TPSA) is 127 Å². The molecule has 1 aromatic heterocycles. The van der Waals surface area contributed by atoms with E-state index in [0.717, 1.165) is 12.8 Å². The molecule has 1 fully saturated rings. The van der Waals surface area contributed by atoms with Crippen LogP contribution in [0.15, 0.2) is 9.42 Å². The molecule has 8 nitrogen and oxygen atoms in total.